The van der Waals surface area contributed by atoms with E-state index in [-0.39, 0.29) is 5.91 Å². The Morgan fingerprint density at radius 3 is 3.07 bits per heavy atom. The van der Waals surface area contributed by atoms with Crippen molar-refractivity contribution in [1.82, 2.24) is 0 Å². The lowest BCUT2D eigenvalue weighted by Gasteiger charge is -2.07. The van der Waals surface area contributed by atoms with Gasteiger partial charge in [-0.25, -0.2) is 0 Å². The van der Waals surface area contributed by atoms with Gasteiger partial charge in [-0.15, -0.1) is 11.8 Å². The second kappa shape index (κ2) is 3.51. The minimum absolute atomic E-state index is 0.151. The molecule has 0 radical (unpaired) electrons. The number of hydrogen-bond donors (Lipinski definition) is 3. The number of amides is 1. The predicted octanol–water partition coefficient (Wildman–Crippen LogP) is 0.640. The minimum Gasteiger partial charge on any atom is -0.398 e. The molecule has 0 aromatic heterocycles. The second-order valence-corrected chi connectivity index (χ2v) is 4.16. The summed E-state index contributed by atoms with van der Waals surface area (Å²) < 4.78 is 0. The molecule has 0 spiro atoms. The molecule has 4 nitrogen and oxygen atoms in total. The summed E-state index contributed by atoms with van der Waals surface area (Å²) in [4.78, 5) is 12.3. The third-order valence-corrected chi connectivity index (χ3v) is 3.32. The molecule has 0 saturated heterocycles. The van der Waals surface area contributed by atoms with Crippen molar-refractivity contribution in [2.45, 2.75) is 10.9 Å². The summed E-state index contributed by atoms with van der Waals surface area (Å²) in [6.45, 7) is 0. The standard InChI is InChI=1S/C9H11N3OS/c10-5-2-1-3-7-8(5)14-4-6(11)9(13)12-7/h1-3,6H,4,10-11H2,(H,12,13)/t6-/m0/s1. The Morgan fingerprint density at radius 2 is 2.29 bits per heavy atom. The van der Waals surface area contributed by atoms with Crippen LogP contribution in [-0.2, 0) is 4.79 Å². The highest BCUT2D eigenvalue weighted by molar-refractivity contribution is 7.99. The number of hydrogen-bond acceptors (Lipinski definition) is 4. The summed E-state index contributed by atoms with van der Waals surface area (Å²) in [6, 6.07) is 4.99. The lowest BCUT2D eigenvalue weighted by atomic mass is 10.2. The summed E-state index contributed by atoms with van der Waals surface area (Å²) in [5, 5.41) is 2.75. The first-order valence-electron chi connectivity index (χ1n) is 4.26. The fourth-order valence-electron chi connectivity index (χ4n) is 1.29. The molecule has 0 fully saturated rings. The van der Waals surface area contributed by atoms with Gasteiger partial charge in [0.2, 0.25) is 5.91 Å². The first kappa shape index (κ1) is 9.36. The van der Waals surface area contributed by atoms with Crippen molar-refractivity contribution in [3.05, 3.63) is 18.2 Å². The molecule has 14 heavy (non-hydrogen) atoms. The van der Waals surface area contributed by atoms with Gasteiger partial charge >= 0.3 is 0 Å². The van der Waals surface area contributed by atoms with Crippen molar-refractivity contribution in [2.24, 2.45) is 5.73 Å². The number of carbonyl (C=O) groups is 1. The maximum atomic E-state index is 11.4. The van der Waals surface area contributed by atoms with Gasteiger partial charge in [0.1, 0.15) is 0 Å². The van der Waals surface area contributed by atoms with E-state index in [0.29, 0.717) is 11.4 Å². The predicted molar refractivity (Wildman–Crippen MR) is 58.2 cm³/mol. The topological polar surface area (TPSA) is 81.1 Å². The molecule has 74 valence electrons. The van der Waals surface area contributed by atoms with E-state index < -0.39 is 6.04 Å². The van der Waals surface area contributed by atoms with Crippen molar-refractivity contribution in [3.63, 3.8) is 0 Å². The highest BCUT2D eigenvalue weighted by Crippen LogP contribution is 2.34. The molecule has 1 atom stereocenters. The van der Waals surface area contributed by atoms with Gasteiger partial charge in [-0.05, 0) is 12.1 Å². The van der Waals surface area contributed by atoms with E-state index >= 15 is 0 Å². The van der Waals surface area contributed by atoms with Crippen LogP contribution < -0.4 is 16.8 Å². The number of carbonyl (C=O) groups excluding carboxylic acids is 1. The highest BCUT2D eigenvalue weighted by Gasteiger charge is 2.21. The first-order chi connectivity index (χ1) is 6.68. The fraction of sp³-hybridized carbons (Fsp3) is 0.222. The Kier molecular flexibility index (Phi) is 2.35. The fourth-order valence-corrected chi connectivity index (χ4v) is 2.30. The van der Waals surface area contributed by atoms with Gasteiger partial charge in [0.15, 0.2) is 0 Å². The highest BCUT2D eigenvalue weighted by atomic mass is 32.2. The van der Waals surface area contributed by atoms with E-state index in [0.717, 1.165) is 10.6 Å². The summed E-state index contributed by atoms with van der Waals surface area (Å²) in [5.41, 5.74) is 12.9. The zero-order valence-corrected chi connectivity index (χ0v) is 8.30. The van der Waals surface area contributed by atoms with E-state index in [4.69, 9.17) is 11.5 Å². The molecule has 5 heteroatoms. The molecule has 0 bridgehead atoms. The van der Waals surface area contributed by atoms with Crippen LogP contribution >= 0.6 is 11.8 Å². The van der Waals surface area contributed by atoms with Crippen LogP contribution in [0.4, 0.5) is 11.4 Å². The van der Waals surface area contributed by atoms with Crippen molar-refractivity contribution >= 4 is 29.0 Å². The molecular formula is C9H11N3OS. The molecule has 0 saturated carbocycles. The summed E-state index contributed by atoms with van der Waals surface area (Å²) in [5.74, 6) is 0.411. The molecule has 5 N–H and O–H groups in total. The normalized spacial score (nSPS) is 20.9. The number of nitrogens with two attached hydrogens (primary N) is 2. The number of thioether (sulfide) groups is 1. The summed E-state index contributed by atoms with van der Waals surface area (Å²) in [7, 11) is 0. The number of anilines is 2. The van der Waals surface area contributed by atoms with E-state index in [1.165, 1.54) is 11.8 Å². The van der Waals surface area contributed by atoms with Crippen LogP contribution in [0.1, 0.15) is 0 Å². The Hall–Kier alpha value is -1.20. The van der Waals surface area contributed by atoms with Crippen LogP contribution in [0.5, 0.6) is 0 Å². The van der Waals surface area contributed by atoms with Gasteiger partial charge in [0.25, 0.3) is 0 Å². The van der Waals surface area contributed by atoms with Crippen LogP contribution in [0.3, 0.4) is 0 Å². The third-order valence-electron chi connectivity index (χ3n) is 2.05. The second-order valence-electron chi connectivity index (χ2n) is 3.13. The molecule has 1 amide bonds. The van der Waals surface area contributed by atoms with Gasteiger partial charge in [0, 0.05) is 11.4 Å². The van der Waals surface area contributed by atoms with Crippen molar-refractivity contribution in [1.29, 1.82) is 0 Å². The quantitative estimate of drug-likeness (QED) is 0.548. The number of benzene rings is 1. The van der Waals surface area contributed by atoms with Crippen molar-refractivity contribution in [2.75, 3.05) is 16.8 Å². The van der Waals surface area contributed by atoms with Crippen LogP contribution in [0.2, 0.25) is 0 Å². The van der Waals surface area contributed by atoms with Gasteiger partial charge < -0.3 is 16.8 Å². The minimum atomic E-state index is -0.466. The average molecular weight is 209 g/mol. The van der Waals surface area contributed by atoms with Crippen LogP contribution in [0.15, 0.2) is 23.1 Å². The Labute approximate surface area is 86.0 Å². The average Bonchev–Trinajstić information content (AvgIpc) is 2.29. The number of fused-ring (bicyclic) bond motifs is 1. The molecular weight excluding hydrogens is 198 g/mol. The van der Waals surface area contributed by atoms with Gasteiger partial charge in [-0.2, -0.15) is 0 Å². The Bertz CT molecular complexity index is 380. The summed E-state index contributed by atoms with van der Waals surface area (Å²) >= 11 is 1.51. The van der Waals surface area contributed by atoms with Gasteiger partial charge in [0.05, 0.1) is 16.6 Å². The molecule has 1 aliphatic heterocycles. The number of nitrogens with one attached hydrogen (secondary N) is 1. The maximum absolute atomic E-state index is 11.4. The molecule has 1 aliphatic rings. The van der Waals surface area contributed by atoms with Crippen LogP contribution in [0.25, 0.3) is 0 Å². The van der Waals surface area contributed by atoms with Gasteiger partial charge in [-0.3, -0.25) is 4.79 Å². The molecule has 0 aliphatic carbocycles. The largest absolute Gasteiger partial charge is 0.398 e. The van der Waals surface area contributed by atoms with Crippen molar-refractivity contribution in [3.8, 4) is 0 Å². The molecule has 1 aromatic rings. The SMILES string of the molecule is Nc1cccc2c1SC[C@H](N)C(=O)N2. The lowest BCUT2D eigenvalue weighted by molar-refractivity contribution is -0.116. The number of nitrogen functional groups attached to an aromatic ring is 1. The zero-order valence-electron chi connectivity index (χ0n) is 7.49. The number of rotatable bonds is 0. The van der Waals surface area contributed by atoms with E-state index in [9.17, 15) is 4.79 Å². The smallest absolute Gasteiger partial charge is 0.242 e. The lowest BCUT2D eigenvalue weighted by Crippen LogP contribution is -2.36. The monoisotopic (exact) mass is 209 g/mol. The van der Waals surface area contributed by atoms with Crippen molar-refractivity contribution < 1.29 is 4.79 Å². The molecule has 0 unspecified atom stereocenters. The van der Waals surface area contributed by atoms with E-state index in [1.54, 1.807) is 0 Å². The maximum Gasteiger partial charge on any atom is 0.242 e. The molecule has 1 aromatic carbocycles. The van der Waals surface area contributed by atoms with Crippen LogP contribution in [-0.4, -0.2) is 17.7 Å². The molecule has 1 heterocycles. The van der Waals surface area contributed by atoms with E-state index in [1.807, 2.05) is 18.2 Å². The first-order valence-corrected chi connectivity index (χ1v) is 5.25. The van der Waals surface area contributed by atoms with Gasteiger partial charge in [-0.1, -0.05) is 6.07 Å². The van der Waals surface area contributed by atoms with Crippen LogP contribution in [0, 0.1) is 0 Å². The molecule has 2 rings (SSSR count). The van der Waals surface area contributed by atoms with E-state index in [2.05, 4.69) is 5.32 Å². The zero-order chi connectivity index (χ0) is 10.1. The third kappa shape index (κ3) is 1.56. The Balaban J connectivity index is 2.42. The Morgan fingerprint density at radius 1 is 1.50 bits per heavy atom. The summed E-state index contributed by atoms with van der Waals surface area (Å²) in [6.07, 6.45) is 0.